The lowest BCUT2D eigenvalue weighted by molar-refractivity contribution is -0.149. The number of hydrogen-bond acceptors (Lipinski definition) is 6. The van der Waals surface area contributed by atoms with Crippen LogP contribution in [0.15, 0.2) is 41.3 Å². The summed E-state index contributed by atoms with van der Waals surface area (Å²) in [5.41, 5.74) is 1.03. The molecular formula is C20H21N5O4. The minimum Gasteiger partial charge on any atom is -0.466 e. The Morgan fingerprint density at radius 2 is 2.07 bits per heavy atom. The van der Waals surface area contributed by atoms with Gasteiger partial charge in [-0.15, -0.1) is 5.10 Å². The van der Waals surface area contributed by atoms with E-state index in [4.69, 9.17) is 4.74 Å². The third-order valence-electron chi connectivity index (χ3n) is 5.03. The molecule has 9 nitrogen and oxygen atoms in total. The Hall–Kier alpha value is -3.49. The number of ether oxygens (including phenoxy) is 1. The molecule has 29 heavy (non-hydrogen) atoms. The molecule has 1 aliphatic heterocycles. The standard InChI is InChI=1S/C20H21N5O4/c1-2-29-20(28)14-9-6-10-24(11-14)19(27)16-17-18(26)21-15(12-25(17)23-22-16)13-7-4-3-5-8-13/h3-5,7-8,12,14H,2,6,9-11H2,1H3,(H,21,26). The van der Waals surface area contributed by atoms with Crippen LogP contribution >= 0.6 is 0 Å². The Morgan fingerprint density at radius 1 is 1.28 bits per heavy atom. The maximum absolute atomic E-state index is 13.0. The number of H-pyrrole nitrogens is 1. The molecule has 1 aromatic carbocycles. The number of carbonyl (C=O) groups is 2. The quantitative estimate of drug-likeness (QED) is 0.671. The van der Waals surface area contributed by atoms with Crippen LogP contribution in [0.1, 0.15) is 30.3 Å². The summed E-state index contributed by atoms with van der Waals surface area (Å²) in [4.78, 5) is 42.1. The molecule has 1 aliphatic rings. The molecule has 1 atom stereocenters. The average molecular weight is 395 g/mol. The Bertz CT molecular complexity index is 1110. The first-order valence-corrected chi connectivity index (χ1v) is 9.58. The van der Waals surface area contributed by atoms with E-state index in [1.54, 1.807) is 18.0 Å². The zero-order valence-electron chi connectivity index (χ0n) is 16.0. The van der Waals surface area contributed by atoms with E-state index in [9.17, 15) is 14.4 Å². The van der Waals surface area contributed by atoms with Gasteiger partial charge in [-0.25, -0.2) is 4.52 Å². The number of aromatic amines is 1. The van der Waals surface area contributed by atoms with Gasteiger partial charge in [-0.2, -0.15) is 0 Å². The van der Waals surface area contributed by atoms with Gasteiger partial charge in [0.15, 0.2) is 11.2 Å². The number of carbonyl (C=O) groups excluding carboxylic acids is 2. The number of esters is 1. The molecule has 0 aliphatic carbocycles. The number of fused-ring (bicyclic) bond motifs is 1. The number of aromatic nitrogens is 4. The normalized spacial score (nSPS) is 16.7. The molecule has 1 unspecified atom stereocenters. The maximum atomic E-state index is 13.0. The highest BCUT2D eigenvalue weighted by Crippen LogP contribution is 2.21. The number of benzene rings is 1. The summed E-state index contributed by atoms with van der Waals surface area (Å²) in [5.74, 6) is -1.08. The van der Waals surface area contributed by atoms with Gasteiger partial charge in [-0.3, -0.25) is 14.4 Å². The SMILES string of the molecule is CCOC(=O)C1CCCN(C(=O)c2nnn3cc(-c4ccccc4)[nH]c(=O)c23)C1. The fourth-order valence-electron chi connectivity index (χ4n) is 3.60. The third kappa shape index (κ3) is 3.63. The largest absolute Gasteiger partial charge is 0.466 e. The Morgan fingerprint density at radius 3 is 2.83 bits per heavy atom. The van der Waals surface area contributed by atoms with E-state index < -0.39 is 11.5 Å². The molecule has 4 rings (SSSR count). The molecule has 1 fully saturated rings. The van der Waals surface area contributed by atoms with Crippen molar-refractivity contribution in [3.05, 3.63) is 52.6 Å². The smallest absolute Gasteiger partial charge is 0.310 e. The van der Waals surface area contributed by atoms with Crippen LogP contribution in [0.2, 0.25) is 0 Å². The third-order valence-corrected chi connectivity index (χ3v) is 5.03. The molecule has 0 saturated carbocycles. The summed E-state index contributed by atoms with van der Waals surface area (Å²) in [7, 11) is 0. The average Bonchev–Trinajstić information content (AvgIpc) is 3.19. The lowest BCUT2D eigenvalue weighted by atomic mass is 9.98. The molecule has 0 bridgehead atoms. The monoisotopic (exact) mass is 395 g/mol. The number of nitrogens with zero attached hydrogens (tertiary/aromatic N) is 4. The van der Waals surface area contributed by atoms with Crippen molar-refractivity contribution in [2.75, 3.05) is 19.7 Å². The number of hydrogen-bond donors (Lipinski definition) is 1. The topological polar surface area (TPSA) is 110 Å². The van der Waals surface area contributed by atoms with Crippen molar-refractivity contribution in [3.63, 3.8) is 0 Å². The van der Waals surface area contributed by atoms with Gasteiger partial charge in [0.2, 0.25) is 0 Å². The summed E-state index contributed by atoms with van der Waals surface area (Å²) in [6.07, 6.45) is 2.99. The van der Waals surface area contributed by atoms with Crippen LogP contribution in [0.5, 0.6) is 0 Å². The van der Waals surface area contributed by atoms with E-state index >= 15 is 0 Å². The van der Waals surface area contributed by atoms with E-state index in [1.807, 2.05) is 30.3 Å². The molecule has 1 N–H and O–H groups in total. The summed E-state index contributed by atoms with van der Waals surface area (Å²) in [5, 5.41) is 7.93. The van der Waals surface area contributed by atoms with E-state index in [-0.39, 0.29) is 29.6 Å². The summed E-state index contributed by atoms with van der Waals surface area (Å²) in [6.45, 7) is 2.80. The molecule has 0 spiro atoms. The van der Waals surface area contributed by atoms with Crippen molar-refractivity contribution >= 4 is 17.4 Å². The van der Waals surface area contributed by atoms with Crippen LogP contribution in [0.3, 0.4) is 0 Å². The fourth-order valence-corrected chi connectivity index (χ4v) is 3.60. The second-order valence-electron chi connectivity index (χ2n) is 6.94. The molecule has 150 valence electrons. The Kier molecular flexibility index (Phi) is 5.11. The van der Waals surface area contributed by atoms with Crippen LogP contribution in [-0.4, -0.2) is 56.3 Å². The molecule has 1 amide bonds. The number of amides is 1. The zero-order valence-corrected chi connectivity index (χ0v) is 16.0. The summed E-state index contributed by atoms with van der Waals surface area (Å²) >= 11 is 0. The van der Waals surface area contributed by atoms with Gasteiger partial charge in [-0.1, -0.05) is 35.5 Å². The second-order valence-corrected chi connectivity index (χ2v) is 6.94. The first-order chi connectivity index (χ1) is 14.1. The minimum atomic E-state index is -0.446. The Labute approximate surface area is 166 Å². The molecule has 0 radical (unpaired) electrons. The number of piperidine rings is 1. The highest BCUT2D eigenvalue weighted by molar-refractivity contribution is 5.98. The van der Waals surface area contributed by atoms with Gasteiger partial charge < -0.3 is 14.6 Å². The first-order valence-electron chi connectivity index (χ1n) is 9.58. The zero-order chi connectivity index (χ0) is 20.4. The number of likely N-dealkylation sites (tertiary alicyclic amines) is 1. The molecule has 2 aromatic heterocycles. The van der Waals surface area contributed by atoms with E-state index in [0.717, 1.165) is 5.56 Å². The van der Waals surface area contributed by atoms with Crippen LogP contribution in [-0.2, 0) is 9.53 Å². The second kappa shape index (κ2) is 7.86. The van der Waals surface area contributed by atoms with Crippen molar-refractivity contribution in [1.29, 1.82) is 0 Å². The van der Waals surface area contributed by atoms with Gasteiger partial charge in [-0.05, 0) is 25.3 Å². The van der Waals surface area contributed by atoms with Crippen LogP contribution < -0.4 is 5.56 Å². The highest BCUT2D eigenvalue weighted by Gasteiger charge is 2.32. The van der Waals surface area contributed by atoms with Crippen molar-refractivity contribution in [2.45, 2.75) is 19.8 Å². The van der Waals surface area contributed by atoms with Gasteiger partial charge in [0.05, 0.1) is 24.4 Å². The highest BCUT2D eigenvalue weighted by atomic mass is 16.5. The van der Waals surface area contributed by atoms with Crippen LogP contribution in [0.4, 0.5) is 0 Å². The molecule has 1 saturated heterocycles. The van der Waals surface area contributed by atoms with E-state index in [0.29, 0.717) is 31.7 Å². The molecule has 3 heterocycles. The van der Waals surface area contributed by atoms with Crippen molar-refractivity contribution in [1.82, 2.24) is 24.7 Å². The van der Waals surface area contributed by atoms with E-state index in [2.05, 4.69) is 15.3 Å². The van der Waals surface area contributed by atoms with E-state index in [1.165, 1.54) is 4.52 Å². The fraction of sp³-hybridized carbons (Fsp3) is 0.350. The van der Waals surface area contributed by atoms with Crippen molar-refractivity contribution in [3.8, 4) is 11.3 Å². The molecular weight excluding hydrogens is 374 g/mol. The van der Waals surface area contributed by atoms with Gasteiger partial charge in [0.1, 0.15) is 0 Å². The lowest BCUT2D eigenvalue weighted by Crippen LogP contribution is -2.43. The first kappa shape index (κ1) is 18.9. The van der Waals surface area contributed by atoms with Gasteiger partial charge >= 0.3 is 5.97 Å². The number of nitrogens with one attached hydrogen (secondary N) is 1. The predicted molar refractivity (Wildman–Crippen MR) is 104 cm³/mol. The number of rotatable bonds is 4. The summed E-state index contributed by atoms with van der Waals surface area (Å²) in [6, 6.07) is 9.34. The molecule has 3 aromatic rings. The minimum absolute atomic E-state index is 0.0182. The van der Waals surface area contributed by atoms with Gasteiger partial charge in [0, 0.05) is 13.1 Å². The Balaban J connectivity index is 1.63. The van der Waals surface area contributed by atoms with Crippen molar-refractivity contribution in [2.24, 2.45) is 5.92 Å². The predicted octanol–water partition coefficient (Wildman–Crippen LogP) is 1.50. The molecule has 9 heteroatoms. The lowest BCUT2D eigenvalue weighted by Gasteiger charge is -2.30. The van der Waals surface area contributed by atoms with Crippen LogP contribution in [0.25, 0.3) is 16.8 Å². The summed E-state index contributed by atoms with van der Waals surface area (Å²) < 4.78 is 6.40. The van der Waals surface area contributed by atoms with Crippen molar-refractivity contribution < 1.29 is 14.3 Å². The van der Waals surface area contributed by atoms with Crippen LogP contribution in [0, 0.1) is 5.92 Å². The maximum Gasteiger partial charge on any atom is 0.310 e. The van der Waals surface area contributed by atoms with Gasteiger partial charge in [0.25, 0.3) is 11.5 Å².